The maximum Gasteiger partial charge on any atom is 0.209 e. The first kappa shape index (κ1) is 7.45. The zero-order chi connectivity index (χ0) is 7.78. The van der Waals surface area contributed by atoms with Gasteiger partial charge in [-0.3, -0.25) is 11.5 Å². The Bertz CT molecular complexity index is 223. The van der Waals surface area contributed by atoms with Crippen molar-refractivity contribution in [3.05, 3.63) is 0 Å². The maximum atomic E-state index is 5.45. The fraction of sp³-hybridized carbons (Fsp3) is 0.667. The van der Waals surface area contributed by atoms with Crippen LogP contribution >= 0.6 is 12.6 Å². The van der Waals surface area contributed by atoms with Crippen LogP contribution in [0.1, 0.15) is 6.92 Å². The fourth-order valence-corrected chi connectivity index (χ4v) is 0.790. The van der Waals surface area contributed by atoms with Crippen LogP contribution in [0.15, 0.2) is 5.16 Å². The molecule has 1 rings (SSSR count). The number of aromatic nitrogens is 4. The molecule has 0 spiro atoms. The highest BCUT2D eigenvalue weighted by Gasteiger charge is 2.18. The lowest BCUT2D eigenvalue weighted by molar-refractivity contribution is 0.281. The molecule has 0 aliphatic heterocycles. The minimum Gasteiger partial charge on any atom is -0.295 e. The van der Waals surface area contributed by atoms with Crippen molar-refractivity contribution in [2.24, 2.45) is 11.5 Å². The monoisotopic (exact) mass is 160 g/mol. The summed E-state index contributed by atoms with van der Waals surface area (Å²) in [6.45, 7) is 1.57. The first-order chi connectivity index (χ1) is 4.52. The van der Waals surface area contributed by atoms with E-state index in [9.17, 15) is 0 Å². The van der Waals surface area contributed by atoms with E-state index in [-0.39, 0.29) is 0 Å². The van der Waals surface area contributed by atoms with Crippen molar-refractivity contribution in [2.45, 2.75) is 17.9 Å². The molecule has 0 aromatic carbocycles. The number of nitrogens with zero attached hydrogens (tertiary/aromatic N) is 4. The van der Waals surface area contributed by atoms with Gasteiger partial charge in [0.1, 0.15) is 0 Å². The Morgan fingerprint density at radius 3 is 2.40 bits per heavy atom. The van der Waals surface area contributed by atoms with Gasteiger partial charge in [-0.25, -0.2) is 0 Å². The van der Waals surface area contributed by atoms with Crippen LogP contribution in [0.5, 0.6) is 0 Å². The summed E-state index contributed by atoms with van der Waals surface area (Å²) in [5.74, 6) is -1.08. The molecule has 0 radical (unpaired) electrons. The van der Waals surface area contributed by atoms with Gasteiger partial charge in [-0.2, -0.15) is 4.68 Å². The molecule has 56 valence electrons. The van der Waals surface area contributed by atoms with E-state index in [0.717, 1.165) is 0 Å². The number of hydrogen-bond donors (Lipinski definition) is 3. The van der Waals surface area contributed by atoms with E-state index in [1.54, 1.807) is 6.92 Å². The molecular weight excluding hydrogens is 152 g/mol. The lowest BCUT2D eigenvalue weighted by Gasteiger charge is -2.17. The quantitative estimate of drug-likeness (QED) is 0.343. The number of tetrazole rings is 1. The summed E-state index contributed by atoms with van der Waals surface area (Å²) in [7, 11) is 0. The molecule has 0 fully saturated rings. The standard InChI is InChI=1S/C3H8N6S/c1-3(4,5)9-2(10)6-7-8-9/h4-5H2,1H3,(H,6,8,10). The van der Waals surface area contributed by atoms with E-state index in [1.165, 1.54) is 4.68 Å². The molecule has 0 aliphatic rings. The summed E-state index contributed by atoms with van der Waals surface area (Å²) < 4.78 is 1.22. The molecule has 0 unspecified atom stereocenters. The van der Waals surface area contributed by atoms with Gasteiger partial charge in [-0.15, -0.1) is 17.7 Å². The van der Waals surface area contributed by atoms with Crippen molar-refractivity contribution < 1.29 is 0 Å². The Balaban J connectivity index is 3.05. The average Bonchev–Trinajstić information content (AvgIpc) is 2.11. The van der Waals surface area contributed by atoms with Gasteiger partial charge < -0.3 is 0 Å². The molecule has 0 saturated heterocycles. The summed E-state index contributed by atoms with van der Waals surface area (Å²) in [4.78, 5) is 0. The normalized spacial score (nSPS) is 12.0. The zero-order valence-electron chi connectivity index (χ0n) is 5.39. The predicted molar refractivity (Wildman–Crippen MR) is 37.1 cm³/mol. The summed E-state index contributed by atoms with van der Waals surface area (Å²) in [6.07, 6.45) is 0. The van der Waals surface area contributed by atoms with Gasteiger partial charge in [0.25, 0.3) is 0 Å². The molecule has 4 N–H and O–H groups in total. The second-order valence-electron chi connectivity index (χ2n) is 2.12. The lowest BCUT2D eigenvalue weighted by atomic mass is 10.5. The number of thiol groups is 1. The molecule has 1 aromatic rings. The largest absolute Gasteiger partial charge is 0.295 e. The zero-order valence-corrected chi connectivity index (χ0v) is 6.29. The predicted octanol–water partition coefficient (Wildman–Crippen LogP) is -1.49. The van der Waals surface area contributed by atoms with E-state index < -0.39 is 5.79 Å². The lowest BCUT2D eigenvalue weighted by Crippen LogP contribution is -2.49. The third kappa shape index (κ3) is 1.25. The first-order valence-electron chi connectivity index (χ1n) is 2.57. The first-order valence-corrected chi connectivity index (χ1v) is 3.02. The fourth-order valence-electron chi connectivity index (χ4n) is 0.494. The molecule has 0 amide bonds. The minimum atomic E-state index is -1.08. The molecule has 10 heavy (non-hydrogen) atoms. The van der Waals surface area contributed by atoms with E-state index in [4.69, 9.17) is 11.5 Å². The molecule has 0 aliphatic carbocycles. The van der Waals surface area contributed by atoms with E-state index in [0.29, 0.717) is 5.16 Å². The van der Waals surface area contributed by atoms with Gasteiger partial charge in [0.2, 0.25) is 5.16 Å². The van der Waals surface area contributed by atoms with E-state index >= 15 is 0 Å². The topological polar surface area (TPSA) is 95.6 Å². The van der Waals surface area contributed by atoms with Crippen LogP contribution < -0.4 is 11.5 Å². The molecule has 1 aromatic heterocycles. The van der Waals surface area contributed by atoms with Crippen LogP contribution in [0.2, 0.25) is 0 Å². The molecule has 1 heterocycles. The summed E-state index contributed by atoms with van der Waals surface area (Å²) in [6, 6.07) is 0. The second-order valence-corrected chi connectivity index (χ2v) is 2.52. The van der Waals surface area contributed by atoms with Crippen molar-refractivity contribution in [1.29, 1.82) is 0 Å². The molecular formula is C3H8N6S. The third-order valence-electron chi connectivity index (χ3n) is 0.909. The summed E-state index contributed by atoms with van der Waals surface area (Å²) in [5.41, 5.74) is 10.9. The molecule has 0 saturated carbocycles. The second kappa shape index (κ2) is 2.19. The van der Waals surface area contributed by atoms with Crippen LogP contribution in [0.25, 0.3) is 0 Å². The van der Waals surface area contributed by atoms with Crippen LogP contribution in [-0.2, 0) is 5.79 Å². The van der Waals surface area contributed by atoms with Gasteiger partial charge in [0.15, 0.2) is 5.79 Å². The Morgan fingerprint density at radius 2 is 2.20 bits per heavy atom. The van der Waals surface area contributed by atoms with Gasteiger partial charge in [-0.1, -0.05) is 0 Å². The van der Waals surface area contributed by atoms with Crippen LogP contribution in [-0.4, -0.2) is 20.2 Å². The van der Waals surface area contributed by atoms with Crippen molar-refractivity contribution in [3.8, 4) is 0 Å². The molecule has 6 nitrogen and oxygen atoms in total. The van der Waals surface area contributed by atoms with E-state index in [2.05, 4.69) is 28.2 Å². The van der Waals surface area contributed by atoms with Gasteiger partial charge in [-0.05, 0) is 17.4 Å². The highest BCUT2D eigenvalue weighted by atomic mass is 32.1. The van der Waals surface area contributed by atoms with Crippen molar-refractivity contribution in [3.63, 3.8) is 0 Å². The molecule has 0 atom stereocenters. The van der Waals surface area contributed by atoms with Crippen LogP contribution in [0.4, 0.5) is 0 Å². The van der Waals surface area contributed by atoms with Gasteiger partial charge in [0, 0.05) is 0 Å². The van der Waals surface area contributed by atoms with Crippen molar-refractivity contribution in [1.82, 2.24) is 20.2 Å². The number of hydrogen-bond acceptors (Lipinski definition) is 6. The molecule has 7 heteroatoms. The van der Waals surface area contributed by atoms with Crippen molar-refractivity contribution in [2.75, 3.05) is 0 Å². The summed E-state index contributed by atoms with van der Waals surface area (Å²) >= 11 is 3.91. The minimum absolute atomic E-state index is 0.299. The van der Waals surface area contributed by atoms with Gasteiger partial charge in [0.05, 0.1) is 0 Å². The highest BCUT2D eigenvalue weighted by Crippen LogP contribution is 2.03. The average molecular weight is 160 g/mol. The van der Waals surface area contributed by atoms with Gasteiger partial charge >= 0.3 is 0 Å². The smallest absolute Gasteiger partial charge is 0.209 e. The SMILES string of the molecule is CC(N)(N)n1nnnc1S. The Morgan fingerprint density at radius 1 is 1.60 bits per heavy atom. The third-order valence-corrected chi connectivity index (χ3v) is 1.19. The Kier molecular flexibility index (Phi) is 1.63. The van der Waals surface area contributed by atoms with Crippen LogP contribution in [0.3, 0.4) is 0 Å². The Labute approximate surface area is 63.0 Å². The van der Waals surface area contributed by atoms with Crippen LogP contribution in [0, 0.1) is 0 Å². The number of nitrogens with two attached hydrogens (primary N) is 2. The summed E-state index contributed by atoms with van der Waals surface area (Å²) in [5, 5.41) is 10.6. The number of rotatable bonds is 1. The molecule has 0 bridgehead atoms. The Hall–Kier alpha value is -0.660. The maximum absolute atomic E-state index is 5.45. The van der Waals surface area contributed by atoms with E-state index in [1.807, 2.05) is 0 Å². The van der Waals surface area contributed by atoms with Crippen molar-refractivity contribution >= 4 is 12.6 Å². The highest BCUT2D eigenvalue weighted by molar-refractivity contribution is 7.80.